The zero-order valence-corrected chi connectivity index (χ0v) is 15.6. The van der Waals surface area contributed by atoms with Crippen molar-refractivity contribution in [2.24, 2.45) is 0 Å². The SMILES string of the molecule is O=C(O)CN(C(=O)CNC(=O)OCc1ccccc1)N1C(=O)c2ccccc2C1=O. The van der Waals surface area contributed by atoms with E-state index >= 15 is 0 Å². The molecule has 1 heterocycles. The fourth-order valence-corrected chi connectivity index (χ4v) is 2.81. The van der Waals surface area contributed by atoms with E-state index in [4.69, 9.17) is 9.84 Å². The summed E-state index contributed by atoms with van der Waals surface area (Å²) >= 11 is 0. The Morgan fingerprint density at radius 2 is 1.50 bits per heavy atom. The summed E-state index contributed by atoms with van der Waals surface area (Å²) in [5, 5.41) is 12.3. The molecule has 1 aliphatic heterocycles. The Bertz CT molecular complexity index is 971. The quantitative estimate of drug-likeness (QED) is 0.650. The topological polar surface area (TPSA) is 133 Å². The average Bonchev–Trinajstić information content (AvgIpc) is 3.00. The Hall–Kier alpha value is -4.21. The number of hydrogen-bond donors (Lipinski definition) is 2. The Kier molecular flexibility index (Phi) is 6.06. The van der Waals surface area contributed by atoms with Crippen molar-refractivity contribution in [2.45, 2.75) is 6.61 Å². The molecule has 2 aromatic carbocycles. The molecule has 0 saturated carbocycles. The van der Waals surface area contributed by atoms with Gasteiger partial charge in [0.2, 0.25) is 0 Å². The number of imide groups is 1. The molecule has 0 aliphatic carbocycles. The second-order valence-electron chi connectivity index (χ2n) is 6.23. The molecule has 0 unspecified atom stereocenters. The summed E-state index contributed by atoms with van der Waals surface area (Å²) in [6.07, 6.45) is -0.912. The van der Waals surface area contributed by atoms with Crippen LogP contribution in [0.15, 0.2) is 54.6 Å². The molecule has 0 aromatic heterocycles. The van der Waals surface area contributed by atoms with Crippen LogP contribution in [0.5, 0.6) is 0 Å². The van der Waals surface area contributed by atoms with Gasteiger partial charge >= 0.3 is 12.1 Å². The van der Waals surface area contributed by atoms with E-state index in [0.717, 1.165) is 5.56 Å². The first kappa shape index (κ1) is 20.5. The van der Waals surface area contributed by atoms with Gasteiger partial charge in [-0.05, 0) is 17.7 Å². The van der Waals surface area contributed by atoms with Gasteiger partial charge in [0.05, 0.1) is 11.1 Å². The molecule has 0 atom stereocenters. The van der Waals surface area contributed by atoms with E-state index in [1.54, 1.807) is 42.5 Å². The van der Waals surface area contributed by atoms with Crippen LogP contribution < -0.4 is 5.32 Å². The number of rotatable bonds is 7. The summed E-state index contributed by atoms with van der Waals surface area (Å²) in [6.45, 7) is -1.64. The number of fused-ring (bicyclic) bond motifs is 1. The summed E-state index contributed by atoms with van der Waals surface area (Å²) in [5.41, 5.74) is 0.847. The number of nitrogens with zero attached hydrogens (tertiary/aromatic N) is 2. The van der Waals surface area contributed by atoms with Crippen LogP contribution in [-0.2, 0) is 20.9 Å². The molecule has 1 aliphatic rings. The van der Waals surface area contributed by atoms with Crippen LogP contribution in [0.4, 0.5) is 4.79 Å². The molecular weight excluding hydrogens is 394 g/mol. The van der Waals surface area contributed by atoms with Crippen molar-refractivity contribution >= 4 is 29.8 Å². The molecule has 0 fully saturated rings. The molecule has 10 heteroatoms. The van der Waals surface area contributed by atoms with Gasteiger partial charge in [0, 0.05) is 0 Å². The third-order valence-electron chi connectivity index (χ3n) is 4.18. The van der Waals surface area contributed by atoms with Gasteiger partial charge in [0.1, 0.15) is 19.7 Å². The number of carbonyl (C=O) groups is 5. The van der Waals surface area contributed by atoms with Crippen LogP contribution in [0.25, 0.3) is 0 Å². The molecule has 2 N–H and O–H groups in total. The van der Waals surface area contributed by atoms with Gasteiger partial charge in [0.15, 0.2) is 0 Å². The van der Waals surface area contributed by atoms with Gasteiger partial charge < -0.3 is 15.2 Å². The fraction of sp³-hybridized carbons (Fsp3) is 0.150. The number of nitrogens with one attached hydrogen (secondary N) is 1. The van der Waals surface area contributed by atoms with E-state index in [-0.39, 0.29) is 17.7 Å². The van der Waals surface area contributed by atoms with Gasteiger partial charge in [-0.25, -0.2) is 9.80 Å². The van der Waals surface area contributed by atoms with Crippen LogP contribution in [0, 0.1) is 0 Å². The first-order chi connectivity index (χ1) is 14.4. The average molecular weight is 411 g/mol. The van der Waals surface area contributed by atoms with Crippen molar-refractivity contribution in [3.8, 4) is 0 Å². The van der Waals surface area contributed by atoms with Crippen LogP contribution in [0.3, 0.4) is 0 Å². The maximum Gasteiger partial charge on any atom is 0.407 e. The molecule has 154 valence electrons. The predicted molar refractivity (Wildman–Crippen MR) is 101 cm³/mol. The number of amides is 4. The molecule has 3 rings (SSSR count). The second kappa shape index (κ2) is 8.86. The number of carboxylic acids is 1. The van der Waals surface area contributed by atoms with Gasteiger partial charge in [0.25, 0.3) is 17.7 Å². The first-order valence-electron chi connectivity index (χ1n) is 8.83. The normalized spacial score (nSPS) is 12.3. The number of carboxylic acid groups (broad SMARTS) is 1. The molecule has 0 saturated heterocycles. The molecule has 0 bridgehead atoms. The van der Waals surface area contributed by atoms with Gasteiger partial charge in [-0.2, -0.15) is 5.01 Å². The highest BCUT2D eigenvalue weighted by atomic mass is 16.5. The lowest BCUT2D eigenvalue weighted by atomic mass is 10.1. The molecule has 0 radical (unpaired) electrons. The number of aliphatic carboxylic acids is 1. The Balaban J connectivity index is 1.65. The third kappa shape index (κ3) is 4.43. The van der Waals surface area contributed by atoms with Crippen molar-refractivity contribution in [1.29, 1.82) is 0 Å². The molecule has 10 nitrogen and oxygen atoms in total. The second-order valence-corrected chi connectivity index (χ2v) is 6.23. The molecule has 0 spiro atoms. The standard InChI is InChI=1S/C20H17N3O7/c24-16(10-21-20(29)30-12-13-6-2-1-3-7-13)22(11-17(25)26)23-18(27)14-8-4-5-9-15(14)19(23)28/h1-9H,10-12H2,(H,21,29)(H,25,26). The molecule has 2 aromatic rings. The maximum absolute atomic E-state index is 12.5. The smallest absolute Gasteiger partial charge is 0.407 e. The number of carbonyl (C=O) groups excluding carboxylic acids is 4. The van der Waals surface area contributed by atoms with Crippen molar-refractivity contribution in [1.82, 2.24) is 15.3 Å². The van der Waals surface area contributed by atoms with Crippen molar-refractivity contribution in [3.63, 3.8) is 0 Å². The maximum atomic E-state index is 12.5. The number of benzene rings is 2. The van der Waals surface area contributed by atoms with Crippen LogP contribution in [0.2, 0.25) is 0 Å². The lowest BCUT2D eigenvalue weighted by Gasteiger charge is -2.28. The largest absolute Gasteiger partial charge is 0.480 e. The van der Waals surface area contributed by atoms with E-state index in [0.29, 0.717) is 10.0 Å². The van der Waals surface area contributed by atoms with E-state index < -0.39 is 42.9 Å². The van der Waals surface area contributed by atoms with Crippen LogP contribution >= 0.6 is 0 Å². The zero-order chi connectivity index (χ0) is 21.7. The Morgan fingerprint density at radius 1 is 0.933 bits per heavy atom. The lowest BCUT2D eigenvalue weighted by molar-refractivity contribution is -0.151. The van der Waals surface area contributed by atoms with Crippen molar-refractivity contribution in [3.05, 3.63) is 71.3 Å². The van der Waals surface area contributed by atoms with Gasteiger partial charge in [-0.1, -0.05) is 42.5 Å². The zero-order valence-electron chi connectivity index (χ0n) is 15.6. The monoisotopic (exact) mass is 411 g/mol. The Morgan fingerprint density at radius 3 is 2.07 bits per heavy atom. The molecule has 4 amide bonds. The van der Waals surface area contributed by atoms with Gasteiger partial charge in [-0.15, -0.1) is 0 Å². The fourth-order valence-electron chi connectivity index (χ4n) is 2.81. The summed E-state index contributed by atoms with van der Waals surface area (Å²) in [5.74, 6) is -4.05. The van der Waals surface area contributed by atoms with E-state index in [9.17, 15) is 24.0 Å². The minimum atomic E-state index is -1.44. The summed E-state index contributed by atoms with van der Waals surface area (Å²) in [7, 11) is 0. The van der Waals surface area contributed by atoms with Crippen molar-refractivity contribution < 1.29 is 33.8 Å². The predicted octanol–water partition coefficient (Wildman–Crippen LogP) is 1.04. The number of hydrogen-bond acceptors (Lipinski definition) is 6. The summed E-state index contributed by atoms with van der Waals surface area (Å²) in [4.78, 5) is 60.6. The number of alkyl carbamates (subject to hydrolysis) is 1. The minimum absolute atomic E-state index is 0.0297. The van der Waals surface area contributed by atoms with Crippen molar-refractivity contribution in [2.75, 3.05) is 13.1 Å². The first-order valence-corrected chi connectivity index (χ1v) is 8.83. The molecule has 30 heavy (non-hydrogen) atoms. The number of hydrazine groups is 1. The summed E-state index contributed by atoms with van der Waals surface area (Å²) in [6, 6.07) is 14.7. The van der Waals surface area contributed by atoms with E-state index in [1.807, 2.05) is 0 Å². The van der Waals surface area contributed by atoms with Gasteiger partial charge in [-0.3, -0.25) is 19.2 Å². The molecular formula is C20H17N3O7. The highest BCUT2D eigenvalue weighted by Crippen LogP contribution is 2.24. The summed E-state index contributed by atoms with van der Waals surface area (Å²) < 4.78 is 4.97. The van der Waals surface area contributed by atoms with Crippen LogP contribution in [0.1, 0.15) is 26.3 Å². The Labute approximate surface area is 170 Å². The van der Waals surface area contributed by atoms with E-state index in [2.05, 4.69) is 5.32 Å². The van der Waals surface area contributed by atoms with Crippen LogP contribution in [-0.4, -0.2) is 58.0 Å². The highest BCUT2D eigenvalue weighted by molar-refractivity contribution is 6.21. The highest BCUT2D eigenvalue weighted by Gasteiger charge is 2.41. The lowest BCUT2D eigenvalue weighted by Crippen LogP contribution is -2.54. The van der Waals surface area contributed by atoms with E-state index in [1.165, 1.54) is 12.1 Å². The third-order valence-corrected chi connectivity index (χ3v) is 4.18. The number of ether oxygens (including phenoxy) is 1. The minimum Gasteiger partial charge on any atom is -0.480 e.